The molecule has 1 saturated heterocycles. The van der Waals surface area contributed by atoms with Gasteiger partial charge >= 0.3 is 0 Å². The van der Waals surface area contributed by atoms with Crippen LogP contribution >= 0.6 is 11.6 Å². The van der Waals surface area contributed by atoms with Gasteiger partial charge < -0.3 is 14.8 Å². The Morgan fingerprint density at radius 1 is 1.22 bits per heavy atom. The molecule has 0 unspecified atom stereocenters. The molecule has 0 amide bonds. The first-order chi connectivity index (χ1) is 8.76. The van der Waals surface area contributed by atoms with E-state index in [1.54, 1.807) is 14.2 Å². The second-order valence-electron chi connectivity index (χ2n) is 4.66. The van der Waals surface area contributed by atoms with Gasteiger partial charge in [-0.2, -0.15) is 0 Å². The van der Waals surface area contributed by atoms with E-state index >= 15 is 0 Å². The lowest BCUT2D eigenvalue weighted by Gasteiger charge is -2.24. The first-order valence-corrected chi connectivity index (χ1v) is 6.74. The Hall–Kier alpha value is -0.930. The summed E-state index contributed by atoms with van der Waals surface area (Å²) in [7, 11) is 3.32. The van der Waals surface area contributed by atoms with E-state index in [0.717, 1.165) is 41.6 Å². The fourth-order valence-corrected chi connectivity index (χ4v) is 2.76. The highest BCUT2D eigenvalue weighted by molar-refractivity contribution is 6.31. The van der Waals surface area contributed by atoms with E-state index in [4.69, 9.17) is 21.1 Å². The molecule has 1 aromatic rings. The van der Waals surface area contributed by atoms with Crippen molar-refractivity contribution in [2.24, 2.45) is 5.92 Å². The fraction of sp³-hybridized carbons (Fsp3) is 0.571. The average molecular weight is 270 g/mol. The van der Waals surface area contributed by atoms with Crippen molar-refractivity contribution in [3.8, 4) is 11.5 Å². The lowest BCUT2D eigenvalue weighted by atomic mass is 9.90. The highest BCUT2D eigenvalue weighted by Crippen LogP contribution is 2.38. The van der Waals surface area contributed by atoms with Crippen molar-refractivity contribution in [2.45, 2.75) is 19.3 Å². The Morgan fingerprint density at radius 2 is 1.94 bits per heavy atom. The average Bonchev–Trinajstić information content (AvgIpc) is 2.42. The van der Waals surface area contributed by atoms with Gasteiger partial charge in [0.1, 0.15) is 0 Å². The number of nitrogens with one attached hydrogen (secondary N) is 1. The molecule has 1 fully saturated rings. The molecule has 18 heavy (non-hydrogen) atoms. The van der Waals surface area contributed by atoms with Crippen LogP contribution in [0.3, 0.4) is 0 Å². The predicted molar refractivity (Wildman–Crippen MR) is 73.9 cm³/mol. The summed E-state index contributed by atoms with van der Waals surface area (Å²) in [4.78, 5) is 0. The van der Waals surface area contributed by atoms with Gasteiger partial charge in [-0.05, 0) is 50.4 Å². The van der Waals surface area contributed by atoms with Gasteiger partial charge in [-0.15, -0.1) is 0 Å². The third-order valence-corrected chi connectivity index (χ3v) is 3.90. The minimum Gasteiger partial charge on any atom is -0.493 e. The quantitative estimate of drug-likeness (QED) is 0.912. The molecular weight excluding hydrogens is 250 g/mol. The molecule has 0 atom stereocenters. The smallest absolute Gasteiger partial charge is 0.165 e. The Balaban J connectivity index is 2.24. The van der Waals surface area contributed by atoms with Gasteiger partial charge in [-0.3, -0.25) is 0 Å². The molecule has 0 radical (unpaired) electrons. The molecule has 1 aromatic carbocycles. The van der Waals surface area contributed by atoms with Crippen molar-refractivity contribution in [3.63, 3.8) is 0 Å². The molecule has 1 N–H and O–H groups in total. The van der Waals surface area contributed by atoms with Crippen LogP contribution in [0.2, 0.25) is 5.02 Å². The van der Waals surface area contributed by atoms with Gasteiger partial charge in [0.15, 0.2) is 11.5 Å². The maximum Gasteiger partial charge on any atom is 0.165 e. The van der Waals surface area contributed by atoms with E-state index in [9.17, 15) is 0 Å². The summed E-state index contributed by atoms with van der Waals surface area (Å²) in [6.07, 6.45) is 3.34. The molecule has 1 aliphatic rings. The van der Waals surface area contributed by atoms with Crippen LogP contribution in [0.25, 0.3) is 0 Å². The molecule has 0 aromatic heterocycles. The monoisotopic (exact) mass is 269 g/mol. The number of rotatable bonds is 4. The standard InChI is InChI=1S/C14H20ClNO2/c1-17-13-4-3-12(15)11(14(13)18-2)9-10-5-7-16-8-6-10/h3-4,10,16H,5-9H2,1-2H3. The van der Waals surface area contributed by atoms with E-state index in [1.165, 1.54) is 12.8 Å². The van der Waals surface area contributed by atoms with Crippen LogP contribution in [-0.2, 0) is 6.42 Å². The first-order valence-electron chi connectivity index (χ1n) is 6.36. The maximum atomic E-state index is 6.31. The molecule has 1 heterocycles. The van der Waals surface area contributed by atoms with Crippen LogP contribution in [0.1, 0.15) is 18.4 Å². The summed E-state index contributed by atoms with van der Waals surface area (Å²) in [5.41, 5.74) is 1.07. The van der Waals surface area contributed by atoms with Crippen LogP contribution in [-0.4, -0.2) is 27.3 Å². The summed E-state index contributed by atoms with van der Waals surface area (Å²) in [5.74, 6) is 2.21. The van der Waals surface area contributed by atoms with Gasteiger partial charge in [0.05, 0.1) is 14.2 Å². The lowest BCUT2D eigenvalue weighted by molar-refractivity contribution is 0.339. The van der Waals surface area contributed by atoms with Gasteiger partial charge in [-0.1, -0.05) is 11.6 Å². The van der Waals surface area contributed by atoms with Crippen molar-refractivity contribution in [2.75, 3.05) is 27.3 Å². The van der Waals surface area contributed by atoms with Gasteiger partial charge in [-0.25, -0.2) is 0 Å². The van der Waals surface area contributed by atoms with E-state index in [-0.39, 0.29) is 0 Å². The minimum absolute atomic E-state index is 0.671. The largest absolute Gasteiger partial charge is 0.493 e. The number of benzene rings is 1. The van der Waals surface area contributed by atoms with Gasteiger partial charge in [0.2, 0.25) is 0 Å². The molecule has 1 aliphatic heterocycles. The van der Waals surface area contributed by atoms with Crippen LogP contribution in [0.15, 0.2) is 12.1 Å². The summed E-state index contributed by atoms with van der Waals surface area (Å²) in [6, 6.07) is 3.74. The normalized spacial score (nSPS) is 16.6. The molecule has 4 heteroatoms. The van der Waals surface area contributed by atoms with Crippen molar-refractivity contribution in [3.05, 3.63) is 22.7 Å². The molecule has 0 spiro atoms. The van der Waals surface area contributed by atoms with Crippen molar-refractivity contribution >= 4 is 11.6 Å². The molecule has 2 rings (SSSR count). The van der Waals surface area contributed by atoms with Crippen molar-refractivity contribution < 1.29 is 9.47 Å². The van der Waals surface area contributed by atoms with Crippen molar-refractivity contribution in [1.82, 2.24) is 5.32 Å². The molecule has 0 aliphatic carbocycles. The molecule has 100 valence electrons. The van der Waals surface area contributed by atoms with Crippen molar-refractivity contribution in [1.29, 1.82) is 0 Å². The number of piperidine rings is 1. The second kappa shape index (κ2) is 6.30. The number of halogens is 1. The number of hydrogen-bond acceptors (Lipinski definition) is 3. The fourth-order valence-electron chi connectivity index (χ4n) is 2.53. The zero-order valence-electron chi connectivity index (χ0n) is 11.0. The van der Waals surface area contributed by atoms with Gasteiger partial charge in [0.25, 0.3) is 0 Å². The third kappa shape index (κ3) is 2.90. The number of methoxy groups -OCH3 is 2. The molecule has 0 saturated carbocycles. The third-order valence-electron chi connectivity index (χ3n) is 3.54. The number of ether oxygens (including phenoxy) is 2. The molecule has 0 bridgehead atoms. The number of hydrogen-bond donors (Lipinski definition) is 1. The van der Waals surface area contributed by atoms with Crippen LogP contribution in [0.4, 0.5) is 0 Å². The Labute approximate surface area is 113 Å². The Morgan fingerprint density at radius 3 is 2.56 bits per heavy atom. The van der Waals surface area contributed by atoms with Crippen LogP contribution < -0.4 is 14.8 Å². The zero-order valence-corrected chi connectivity index (χ0v) is 11.7. The van der Waals surface area contributed by atoms with E-state index in [0.29, 0.717) is 5.92 Å². The maximum absolute atomic E-state index is 6.31. The van der Waals surface area contributed by atoms with Crippen LogP contribution in [0, 0.1) is 5.92 Å². The zero-order chi connectivity index (χ0) is 13.0. The van der Waals surface area contributed by atoms with Crippen LogP contribution in [0.5, 0.6) is 11.5 Å². The van der Waals surface area contributed by atoms with E-state index in [2.05, 4.69) is 5.32 Å². The minimum atomic E-state index is 0.671. The predicted octanol–water partition coefficient (Wildman–Crippen LogP) is 2.90. The Bertz CT molecular complexity index is 403. The van der Waals surface area contributed by atoms with Gasteiger partial charge in [0, 0.05) is 10.6 Å². The summed E-state index contributed by atoms with van der Waals surface area (Å²) in [5, 5.41) is 4.15. The first kappa shape index (κ1) is 13.5. The topological polar surface area (TPSA) is 30.5 Å². The summed E-state index contributed by atoms with van der Waals surface area (Å²) < 4.78 is 10.8. The molecular formula is C14H20ClNO2. The summed E-state index contributed by atoms with van der Waals surface area (Å²) >= 11 is 6.31. The Kier molecular flexibility index (Phi) is 4.72. The van der Waals surface area contributed by atoms with E-state index in [1.807, 2.05) is 12.1 Å². The second-order valence-corrected chi connectivity index (χ2v) is 5.07. The summed E-state index contributed by atoms with van der Waals surface area (Å²) in [6.45, 7) is 2.18. The van der Waals surface area contributed by atoms with E-state index < -0.39 is 0 Å². The highest BCUT2D eigenvalue weighted by Gasteiger charge is 2.20. The molecule has 3 nitrogen and oxygen atoms in total. The SMILES string of the molecule is COc1ccc(Cl)c(CC2CCNCC2)c1OC. The lowest BCUT2D eigenvalue weighted by Crippen LogP contribution is -2.28. The highest BCUT2D eigenvalue weighted by atomic mass is 35.5.